The van der Waals surface area contributed by atoms with Gasteiger partial charge in [-0.15, -0.1) is 12.4 Å². The van der Waals surface area contributed by atoms with Gasteiger partial charge in [-0.2, -0.15) is 0 Å². The highest BCUT2D eigenvalue weighted by Gasteiger charge is 2.32. The summed E-state index contributed by atoms with van der Waals surface area (Å²) in [6, 6.07) is 0. The number of nitrogens with one attached hydrogen (secondary N) is 1. The van der Waals surface area contributed by atoms with E-state index >= 15 is 0 Å². The maximum atomic E-state index is 3.52. The van der Waals surface area contributed by atoms with Crippen LogP contribution in [0.15, 0.2) is 0 Å². The molecular formula is C14H29ClN2. The van der Waals surface area contributed by atoms with E-state index in [0.717, 1.165) is 11.8 Å². The zero-order valence-electron chi connectivity index (χ0n) is 11.7. The number of rotatable bonds is 2. The second-order valence-corrected chi connectivity index (χ2v) is 6.82. The first-order valence-electron chi connectivity index (χ1n) is 6.99. The SMILES string of the molecule is CC(C)(C)C1CCN(CC2CCCNC2)C1.Cl. The van der Waals surface area contributed by atoms with E-state index in [0.29, 0.717) is 5.41 Å². The Bertz CT molecular complexity index is 219. The van der Waals surface area contributed by atoms with Gasteiger partial charge in [0.1, 0.15) is 0 Å². The highest BCUT2D eigenvalue weighted by Crippen LogP contribution is 2.33. The Morgan fingerprint density at radius 1 is 1.24 bits per heavy atom. The lowest BCUT2D eigenvalue weighted by atomic mass is 9.80. The number of piperidine rings is 1. The number of halogens is 1. The molecule has 2 aliphatic heterocycles. The fraction of sp³-hybridized carbons (Fsp3) is 1.00. The van der Waals surface area contributed by atoms with Crippen LogP contribution in [0.5, 0.6) is 0 Å². The van der Waals surface area contributed by atoms with Crippen molar-refractivity contribution in [1.29, 1.82) is 0 Å². The van der Waals surface area contributed by atoms with Crippen LogP contribution in [-0.4, -0.2) is 37.6 Å². The van der Waals surface area contributed by atoms with Crippen LogP contribution in [-0.2, 0) is 0 Å². The van der Waals surface area contributed by atoms with Crippen LogP contribution in [0.1, 0.15) is 40.0 Å². The minimum atomic E-state index is 0. The van der Waals surface area contributed by atoms with Gasteiger partial charge in [0.25, 0.3) is 0 Å². The predicted octanol–water partition coefficient (Wildman–Crippen LogP) is 2.78. The Morgan fingerprint density at radius 2 is 2.00 bits per heavy atom. The normalized spacial score (nSPS) is 31.2. The minimum absolute atomic E-state index is 0. The molecule has 0 aromatic heterocycles. The van der Waals surface area contributed by atoms with Gasteiger partial charge < -0.3 is 10.2 Å². The van der Waals surface area contributed by atoms with Crippen LogP contribution < -0.4 is 5.32 Å². The van der Waals surface area contributed by atoms with Gasteiger partial charge in [0.05, 0.1) is 0 Å². The van der Waals surface area contributed by atoms with Gasteiger partial charge in [0.15, 0.2) is 0 Å². The summed E-state index contributed by atoms with van der Waals surface area (Å²) in [4.78, 5) is 2.70. The third kappa shape index (κ3) is 4.42. The molecule has 0 aromatic carbocycles. The van der Waals surface area contributed by atoms with Gasteiger partial charge >= 0.3 is 0 Å². The molecule has 2 saturated heterocycles. The first-order valence-corrected chi connectivity index (χ1v) is 6.99. The molecule has 0 amide bonds. The molecular weight excluding hydrogens is 232 g/mol. The van der Waals surface area contributed by atoms with Gasteiger partial charge in [0.2, 0.25) is 0 Å². The van der Waals surface area contributed by atoms with Gasteiger partial charge in [0, 0.05) is 13.1 Å². The van der Waals surface area contributed by atoms with Crippen molar-refractivity contribution in [3.63, 3.8) is 0 Å². The van der Waals surface area contributed by atoms with Gasteiger partial charge in [-0.3, -0.25) is 0 Å². The summed E-state index contributed by atoms with van der Waals surface area (Å²) in [5.74, 6) is 1.82. The average molecular weight is 261 g/mol. The summed E-state index contributed by atoms with van der Waals surface area (Å²) in [6.45, 7) is 13.7. The van der Waals surface area contributed by atoms with E-state index in [4.69, 9.17) is 0 Å². The molecule has 2 atom stereocenters. The monoisotopic (exact) mass is 260 g/mol. The molecule has 2 nitrogen and oxygen atoms in total. The fourth-order valence-electron chi connectivity index (χ4n) is 3.15. The van der Waals surface area contributed by atoms with Gasteiger partial charge in [-0.1, -0.05) is 20.8 Å². The summed E-state index contributed by atoms with van der Waals surface area (Å²) in [6.07, 6.45) is 4.22. The lowest BCUT2D eigenvalue weighted by Crippen LogP contribution is -2.38. The van der Waals surface area contributed by atoms with E-state index in [1.54, 1.807) is 0 Å². The van der Waals surface area contributed by atoms with Gasteiger partial charge in [-0.25, -0.2) is 0 Å². The Morgan fingerprint density at radius 3 is 2.53 bits per heavy atom. The quantitative estimate of drug-likeness (QED) is 0.822. The first-order chi connectivity index (χ1) is 7.55. The number of hydrogen-bond donors (Lipinski definition) is 1. The molecule has 0 aromatic rings. The second kappa shape index (κ2) is 6.40. The maximum Gasteiger partial charge on any atom is 0.00219 e. The molecule has 102 valence electrons. The largest absolute Gasteiger partial charge is 0.316 e. The second-order valence-electron chi connectivity index (χ2n) is 6.82. The van der Waals surface area contributed by atoms with E-state index in [1.165, 1.54) is 52.0 Å². The molecule has 0 aliphatic carbocycles. The number of hydrogen-bond acceptors (Lipinski definition) is 2. The van der Waals surface area contributed by atoms with Crippen LogP contribution in [0.4, 0.5) is 0 Å². The molecule has 3 heteroatoms. The topological polar surface area (TPSA) is 15.3 Å². The fourth-order valence-corrected chi connectivity index (χ4v) is 3.15. The summed E-state index contributed by atoms with van der Waals surface area (Å²) in [5, 5.41) is 3.52. The highest BCUT2D eigenvalue weighted by atomic mass is 35.5. The molecule has 2 rings (SSSR count). The Kier molecular flexibility index (Phi) is 5.75. The molecule has 0 radical (unpaired) electrons. The van der Waals surface area contributed by atoms with Crippen LogP contribution in [0.3, 0.4) is 0 Å². The van der Waals surface area contributed by atoms with E-state index in [9.17, 15) is 0 Å². The average Bonchev–Trinajstić information content (AvgIpc) is 2.67. The molecule has 2 unspecified atom stereocenters. The standard InChI is InChI=1S/C14H28N2.ClH/c1-14(2,3)13-6-8-16(11-13)10-12-5-4-7-15-9-12;/h12-13,15H,4-11H2,1-3H3;1H. The van der Waals surface area contributed by atoms with Crippen LogP contribution in [0.25, 0.3) is 0 Å². The van der Waals surface area contributed by atoms with Crippen molar-refractivity contribution in [2.75, 3.05) is 32.7 Å². The van der Waals surface area contributed by atoms with Crippen molar-refractivity contribution in [1.82, 2.24) is 10.2 Å². The lowest BCUT2D eigenvalue weighted by Gasteiger charge is -2.30. The summed E-state index contributed by atoms with van der Waals surface area (Å²) < 4.78 is 0. The van der Waals surface area contributed by atoms with E-state index in [-0.39, 0.29) is 12.4 Å². The minimum Gasteiger partial charge on any atom is -0.316 e. The molecule has 2 aliphatic rings. The zero-order valence-corrected chi connectivity index (χ0v) is 12.5. The number of nitrogens with zero attached hydrogens (tertiary/aromatic N) is 1. The molecule has 2 heterocycles. The summed E-state index contributed by atoms with van der Waals surface area (Å²) in [5.41, 5.74) is 0.500. The molecule has 0 spiro atoms. The van der Waals surface area contributed by atoms with Crippen molar-refractivity contribution in [3.8, 4) is 0 Å². The Hall–Kier alpha value is 0.210. The van der Waals surface area contributed by atoms with Crippen LogP contribution in [0, 0.1) is 17.3 Å². The maximum absolute atomic E-state index is 3.52. The molecule has 2 fully saturated rings. The third-order valence-electron chi connectivity index (χ3n) is 4.41. The summed E-state index contributed by atoms with van der Waals surface area (Å²) in [7, 11) is 0. The molecule has 1 N–H and O–H groups in total. The van der Waals surface area contributed by atoms with Crippen molar-refractivity contribution < 1.29 is 0 Å². The summed E-state index contributed by atoms with van der Waals surface area (Å²) >= 11 is 0. The van der Waals surface area contributed by atoms with Crippen LogP contribution >= 0.6 is 12.4 Å². The van der Waals surface area contributed by atoms with Crippen LogP contribution in [0.2, 0.25) is 0 Å². The van der Waals surface area contributed by atoms with E-state index in [1.807, 2.05) is 0 Å². The molecule has 17 heavy (non-hydrogen) atoms. The number of likely N-dealkylation sites (tertiary alicyclic amines) is 1. The Labute approximate surface area is 113 Å². The lowest BCUT2D eigenvalue weighted by molar-refractivity contribution is 0.202. The molecule has 0 saturated carbocycles. The van der Waals surface area contributed by atoms with Crippen molar-refractivity contribution in [3.05, 3.63) is 0 Å². The first kappa shape index (κ1) is 15.3. The molecule has 0 bridgehead atoms. The van der Waals surface area contributed by atoms with E-state index in [2.05, 4.69) is 31.0 Å². The predicted molar refractivity (Wildman–Crippen MR) is 76.8 cm³/mol. The smallest absolute Gasteiger partial charge is 0.00219 e. The van der Waals surface area contributed by atoms with Crippen molar-refractivity contribution in [2.45, 2.75) is 40.0 Å². The highest BCUT2D eigenvalue weighted by molar-refractivity contribution is 5.85. The third-order valence-corrected chi connectivity index (χ3v) is 4.41. The van der Waals surface area contributed by atoms with Crippen molar-refractivity contribution >= 4 is 12.4 Å². The van der Waals surface area contributed by atoms with Crippen molar-refractivity contribution in [2.24, 2.45) is 17.3 Å². The van der Waals surface area contributed by atoms with Gasteiger partial charge in [-0.05, 0) is 56.1 Å². The zero-order chi connectivity index (χ0) is 11.6. The Balaban J connectivity index is 0.00000144. The van der Waals surface area contributed by atoms with E-state index < -0.39 is 0 Å².